The molecular weight excluding hydrogens is 342 g/mol. The van der Waals surface area contributed by atoms with Crippen LogP contribution in [-0.2, 0) is 11.0 Å². The van der Waals surface area contributed by atoms with Crippen molar-refractivity contribution in [2.75, 3.05) is 18.4 Å². The molecule has 1 saturated heterocycles. The highest BCUT2D eigenvalue weighted by Gasteiger charge is 2.26. The molecule has 2 aromatic rings. The summed E-state index contributed by atoms with van der Waals surface area (Å²) < 4.78 is 16.7. The Balaban J connectivity index is 1.47. The van der Waals surface area contributed by atoms with Gasteiger partial charge < -0.3 is 10.2 Å². The number of nitrogens with zero attached hydrogens (tertiary/aromatic N) is 2. The maximum Gasteiger partial charge on any atom is 0.213 e. The Hall–Kier alpha value is -1.85. The van der Waals surface area contributed by atoms with Gasteiger partial charge in [-0.2, -0.15) is 0 Å². The Morgan fingerprint density at radius 2 is 1.88 bits per heavy atom. The molecule has 2 aliphatic heterocycles. The zero-order valence-electron chi connectivity index (χ0n) is 13.1. The average Bonchev–Trinajstić information content (AvgIpc) is 2.63. The summed E-state index contributed by atoms with van der Waals surface area (Å²) in [6.07, 6.45) is 2.15. The van der Waals surface area contributed by atoms with Crippen molar-refractivity contribution in [1.82, 2.24) is 4.90 Å². The second kappa shape index (κ2) is 6.57. The number of benzene rings is 2. The third-order valence-electron chi connectivity index (χ3n) is 4.61. The molecule has 4 rings (SSSR count). The Morgan fingerprint density at radius 3 is 2.62 bits per heavy atom. The highest BCUT2D eigenvalue weighted by atomic mass is 35.5. The first-order valence-corrected chi connectivity index (χ1v) is 9.56. The number of rotatable bonds is 1. The molecule has 2 aliphatic rings. The molecule has 0 aliphatic carbocycles. The number of anilines is 1. The van der Waals surface area contributed by atoms with Crippen LogP contribution in [0.15, 0.2) is 57.8 Å². The number of piperidine rings is 1. The van der Waals surface area contributed by atoms with E-state index in [1.54, 1.807) is 12.1 Å². The van der Waals surface area contributed by atoms with E-state index in [9.17, 15) is 4.21 Å². The van der Waals surface area contributed by atoms with Gasteiger partial charge in [0.25, 0.3) is 0 Å². The molecule has 0 spiro atoms. The number of nitrogens with one attached hydrogen (secondary N) is 1. The van der Waals surface area contributed by atoms with Gasteiger partial charge in [-0.15, -0.1) is 4.40 Å². The van der Waals surface area contributed by atoms with Crippen molar-refractivity contribution >= 4 is 34.2 Å². The molecule has 0 radical (unpaired) electrons. The van der Waals surface area contributed by atoms with E-state index in [0.29, 0.717) is 21.8 Å². The van der Waals surface area contributed by atoms with Crippen LogP contribution in [0.3, 0.4) is 0 Å². The number of hydrogen-bond donors (Lipinski definition) is 1. The summed E-state index contributed by atoms with van der Waals surface area (Å²) in [5.74, 6) is 1.29. The molecule has 0 bridgehead atoms. The second-order valence-electron chi connectivity index (χ2n) is 6.10. The molecule has 124 valence electrons. The Bertz CT molecular complexity index is 801. The van der Waals surface area contributed by atoms with Gasteiger partial charge in [-0.25, -0.2) is 4.21 Å². The lowest BCUT2D eigenvalue weighted by Gasteiger charge is -2.35. The van der Waals surface area contributed by atoms with Crippen LogP contribution in [0.1, 0.15) is 24.3 Å². The summed E-state index contributed by atoms with van der Waals surface area (Å²) in [6, 6.07) is 16.0. The van der Waals surface area contributed by atoms with E-state index in [1.165, 1.54) is 5.56 Å². The summed E-state index contributed by atoms with van der Waals surface area (Å²) in [5, 5.41) is 3.88. The maximum absolute atomic E-state index is 12.4. The zero-order chi connectivity index (χ0) is 16.5. The second-order valence-corrected chi connectivity index (χ2v) is 7.66. The van der Waals surface area contributed by atoms with Gasteiger partial charge >= 0.3 is 0 Å². The van der Waals surface area contributed by atoms with Crippen molar-refractivity contribution < 1.29 is 4.21 Å². The average molecular weight is 360 g/mol. The fourth-order valence-corrected chi connectivity index (χ4v) is 4.49. The maximum atomic E-state index is 12.4. The SMILES string of the molecule is O=S1N=C(N2CCC(c3ccccc3)CC2)Nc2ccc(Cl)cc21. The van der Waals surface area contributed by atoms with Crippen LogP contribution in [-0.4, -0.2) is 28.2 Å². The fourth-order valence-electron chi connectivity index (χ4n) is 3.30. The van der Waals surface area contributed by atoms with Crippen LogP contribution >= 0.6 is 11.6 Å². The first kappa shape index (κ1) is 15.7. The monoisotopic (exact) mass is 359 g/mol. The van der Waals surface area contributed by atoms with Crippen molar-refractivity contribution in [1.29, 1.82) is 0 Å². The molecule has 2 aromatic carbocycles. The highest BCUT2D eigenvalue weighted by molar-refractivity contribution is 7.84. The third-order valence-corrected chi connectivity index (χ3v) is 5.90. The van der Waals surface area contributed by atoms with Crippen LogP contribution < -0.4 is 5.32 Å². The number of fused-ring (bicyclic) bond motifs is 1. The highest BCUT2D eigenvalue weighted by Crippen LogP contribution is 2.31. The van der Waals surface area contributed by atoms with Crippen LogP contribution in [0.25, 0.3) is 0 Å². The van der Waals surface area contributed by atoms with Gasteiger partial charge in [0.1, 0.15) is 0 Å². The minimum Gasteiger partial charge on any atom is -0.342 e. The molecule has 0 amide bonds. The van der Waals surface area contributed by atoms with E-state index in [0.717, 1.165) is 31.6 Å². The topological polar surface area (TPSA) is 44.7 Å². The number of hydrogen-bond acceptors (Lipinski definition) is 3. The van der Waals surface area contributed by atoms with Crippen LogP contribution in [0.5, 0.6) is 0 Å². The number of halogens is 1. The molecular formula is C18H18ClN3OS. The molecule has 24 heavy (non-hydrogen) atoms. The third kappa shape index (κ3) is 3.06. The molecule has 0 aromatic heterocycles. The summed E-state index contributed by atoms with van der Waals surface area (Å²) in [6.45, 7) is 1.82. The Morgan fingerprint density at radius 1 is 1.12 bits per heavy atom. The molecule has 4 nitrogen and oxygen atoms in total. The Kier molecular flexibility index (Phi) is 4.29. The van der Waals surface area contributed by atoms with Crippen molar-refractivity contribution in [2.45, 2.75) is 23.7 Å². The minimum atomic E-state index is -1.40. The zero-order valence-corrected chi connectivity index (χ0v) is 14.7. The van der Waals surface area contributed by atoms with Gasteiger partial charge in [0.2, 0.25) is 5.96 Å². The molecule has 1 unspecified atom stereocenters. The van der Waals surface area contributed by atoms with Gasteiger partial charge in [0.15, 0.2) is 11.0 Å². The fraction of sp³-hybridized carbons (Fsp3) is 0.278. The predicted octanol–water partition coefficient (Wildman–Crippen LogP) is 4.02. The first-order chi connectivity index (χ1) is 11.7. The lowest BCUT2D eigenvalue weighted by molar-refractivity contribution is 0.313. The number of guanidine groups is 1. The van der Waals surface area contributed by atoms with Crippen molar-refractivity contribution in [2.24, 2.45) is 4.40 Å². The van der Waals surface area contributed by atoms with E-state index in [-0.39, 0.29) is 0 Å². The van der Waals surface area contributed by atoms with Crippen molar-refractivity contribution in [3.8, 4) is 0 Å². The van der Waals surface area contributed by atoms with E-state index >= 15 is 0 Å². The summed E-state index contributed by atoms with van der Waals surface area (Å²) in [7, 11) is -1.40. The smallest absolute Gasteiger partial charge is 0.213 e. The molecule has 1 fully saturated rings. The summed E-state index contributed by atoms with van der Waals surface area (Å²) in [4.78, 5) is 2.83. The van der Waals surface area contributed by atoms with Gasteiger partial charge in [0, 0.05) is 18.1 Å². The van der Waals surface area contributed by atoms with Gasteiger partial charge in [-0.05, 0) is 42.5 Å². The van der Waals surface area contributed by atoms with E-state index < -0.39 is 11.0 Å². The summed E-state index contributed by atoms with van der Waals surface area (Å²) >= 11 is 5.98. The molecule has 6 heteroatoms. The molecule has 1 atom stereocenters. The van der Waals surface area contributed by atoms with Crippen molar-refractivity contribution in [3.05, 3.63) is 59.1 Å². The summed E-state index contributed by atoms with van der Waals surface area (Å²) in [5.41, 5.74) is 2.23. The quantitative estimate of drug-likeness (QED) is 0.836. The molecule has 2 heterocycles. The van der Waals surface area contributed by atoms with E-state index in [4.69, 9.17) is 11.6 Å². The molecule has 0 saturated carbocycles. The molecule has 1 N–H and O–H groups in total. The van der Waals surface area contributed by atoms with Crippen molar-refractivity contribution in [3.63, 3.8) is 0 Å². The largest absolute Gasteiger partial charge is 0.342 e. The van der Waals surface area contributed by atoms with E-state index in [1.807, 2.05) is 6.07 Å². The van der Waals surface area contributed by atoms with E-state index in [2.05, 4.69) is 44.9 Å². The Labute approximate surface area is 149 Å². The van der Waals surface area contributed by atoms with Gasteiger partial charge in [-0.3, -0.25) is 0 Å². The number of likely N-dealkylation sites (tertiary alicyclic amines) is 1. The minimum absolute atomic E-state index is 0.575. The van der Waals surface area contributed by atoms with Gasteiger partial charge in [0.05, 0.1) is 10.6 Å². The van der Waals surface area contributed by atoms with Crippen LogP contribution in [0.4, 0.5) is 5.69 Å². The predicted molar refractivity (Wildman–Crippen MR) is 98.9 cm³/mol. The standard InChI is InChI=1S/C18H18ClN3OS/c19-15-6-7-16-17(12-15)24(23)21-18(20-16)22-10-8-14(9-11-22)13-4-2-1-3-5-13/h1-7,12,14H,8-11H2,(H,20,21). The lowest BCUT2D eigenvalue weighted by atomic mass is 9.89. The van der Waals surface area contributed by atoms with Crippen LogP contribution in [0, 0.1) is 0 Å². The lowest BCUT2D eigenvalue weighted by Crippen LogP contribution is -2.43. The van der Waals surface area contributed by atoms with Gasteiger partial charge in [-0.1, -0.05) is 41.9 Å². The van der Waals surface area contributed by atoms with Crippen LogP contribution in [0.2, 0.25) is 5.02 Å². The normalized spacial score (nSPS) is 21.0. The first-order valence-electron chi connectivity index (χ1n) is 8.08.